The van der Waals surface area contributed by atoms with Crippen molar-refractivity contribution < 1.29 is 8.68 Å². The van der Waals surface area contributed by atoms with Gasteiger partial charge in [-0.05, 0) is 77.7 Å². The second kappa shape index (κ2) is 6.90. The van der Waals surface area contributed by atoms with E-state index in [9.17, 15) is 0 Å². The molecule has 1 heteroatoms. The summed E-state index contributed by atoms with van der Waals surface area (Å²) in [5.74, 6) is 0. The molecule has 1 fully saturated rings. The Balaban J connectivity index is 1.60. The van der Waals surface area contributed by atoms with Crippen LogP contribution in [0.5, 0.6) is 0 Å². The van der Waals surface area contributed by atoms with Gasteiger partial charge in [-0.2, -0.15) is 0 Å². The summed E-state index contributed by atoms with van der Waals surface area (Å²) in [6.45, 7) is 4.51. The molecule has 0 saturated heterocycles. The number of nitrogens with zero attached hydrogens (tertiary/aromatic N) is 1. The van der Waals surface area contributed by atoms with Gasteiger partial charge in [-0.3, -0.25) is 0 Å². The molecule has 0 unspecified atom stereocenters. The second-order valence-electron chi connectivity index (χ2n) is 10.4. The van der Waals surface area contributed by atoms with Crippen molar-refractivity contribution in [2.24, 2.45) is 7.05 Å². The number of fused-ring (bicyclic) bond motifs is 4. The van der Waals surface area contributed by atoms with Gasteiger partial charge in [0.25, 0.3) is 0 Å². The zero-order valence-electron chi connectivity index (χ0n) is 22.9. The molecule has 0 N–H and O–H groups in total. The third-order valence-electron chi connectivity index (χ3n) is 8.08. The minimum absolute atomic E-state index is 0.0515. The molecule has 0 bridgehead atoms. The van der Waals surface area contributed by atoms with E-state index >= 15 is 0 Å². The summed E-state index contributed by atoms with van der Waals surface area (Å²) in [4.78, 5) is 0. The SMILES string of the molecule is [2H]C([2H])([2H])c1c[n+](C)c(-c2ccccc2C)cc1-c1ccc2c(c1)C1(CC1)c1ccccc1C2(C)C. The molecule has 33 heavy (non-hydrogen) atoms. The molecular weight excluding hydrogens is 398 g/mol. The first kappa shape index (κ1) is 17.3. The van der Waals surface area contributed by atoms with Crippen molar-refractivity contribution in [3.63, 3.8) is 0 Å². The third-order valence-corrected chi connectivity index (χ3v) is 8.08. The standard InChI is InChI=1S/C32H32N/c1-21-10-6-7-11-24(21)30-19-25(22(2)20-33(30)5)23-14-15-27-29(18-23)32(16-17-32)28-13-9-8-12-26(28)31(27,3)4/h6-15,18-20H,16-17H2,1-5H3/q+1/i2D3. The molecule has 0 amide bonds. The largest absolute Gasteiger partial charge is 0.213 e. The van der Waals surface area contributed by atoms with Gasteiger partial charge in [0.1, 0.15) is 7.05 Å². The predicted octanol–water partition coefficient (Wildman–Crippen LogP) is 7.18. The van der Waals surface area contributed by atoms with Gasteiger partial charge in [0.05, 0.1) is 0 Å². The van der Waals surface area contributed by atoms with E-state index in [1.807, 2.05) is 23.7 Å². The van der Waals surface area contributed by atoms with Crippen LogP contribution >= 0.6 is 0 Å². The van der Waals surface area contributed by atoms with Crippen LogP contribution in [0.2, 0.25) is 0 Å². The minimum atomic E-state index is -2.21. The summed E-state index contributed by atoms with van der Waals surface area (Å²) in [6, 6.07) is 25.9. The number of aromatic nitrogens is 1. The number of rotatable bonds is 2. The molecule has 1 heterocycles. The Morgan fingerprint density at radius 2 is 1.45 bits per heavy atom. The van der Waals surface area contributed by atoms with Gasteiger partial charge < -0.3 is 0 Å². The van der Waals surface area contributed by atoms with Gasteiger partial charge in [0, 0.05) is 32.1 Å². The van der Waals surface area contributed by atoms with Crippen LogP contribution in [0.3, 0.4) is 0 Å². The van der Waals surface area contributed by atoms with E-state index in [1.165, 1.54) is 27.8 Å². The molecule has 3 aromatic carbocycles. The number of aryl methyl sites for hydroxylation is 3. The van der Waals surface area contributed by atoms with Crippen molar-refractivity contribution in [3.8, 4) is 22.4 Å². The van der Waals surface area contributed by atoms with Crippen molar-refractivity contribution in [1.29, 1.82) is 0 Å². The Morgan fingerprint density at radius 3 is 2.18 bits per heavy atom. The fourth-order valence-corrected chi connectivity index (χ4v) is 6.07. The molecule has 2 aliphatic carbocycles. The lowest BCUT2D eigenvalue weighted by Gasteiger charge is -2.40. The van der Waals surface area contributed by atoms with E-state index in [2.05, 4.69) is 81.4 Å². The molecule has 0 atom stereocenters. The zero-order valence-corrected chi connectivity index (χ0v) is 19.9. The van der Waals surface area contributed by atoms with Crippen LogP contribution in [0.15, 0.2) is 79.0 Å². The highest BCUT2D eigenvalue weighted by Gasteiger charge is 2.53. The Labute approximate surface area is 202 Å². The average molecular weight is 434 g/mol. The van der Waals surface area contributed by atoms with Gasteiger partial charge in [-0.1, -0.05) is 68.4 Å². The summed E-state index contributed by atoms with van der Waals surface area (Å²) in [6.07, 6.45) is 4.08. The van der Waals surface area contributed by atoms with Crippen LogP contribution in [-0.2, 0) is 17.9 Å². The van der Waals surface area contributed by atoms with Crippen molar-refractivity contribution in [2.45, 2.75) is 51.3 Å². The van der Waals surface area contributed by atoms with Gasteiger partial charge in [-0.15, -0.1) is 0 Å². The van der Waals surface area contributed by atoms with Crippen molar-refractivity contribution in [1.82, 2.24) is 0 Å². The average Bonchev–Trinajstić information content (AvgIpc) is 3.65. The number of benzene rings is 3. The molecule has 0 radical (unpaired) electrons. The quantitative estimate of drug-likeness (QED) is 0.295. The van der Waals surface area contributed by atoms with E-state index in [1.54, 1.807) is 6.20 Å². The molecule has 0 aliphatic heterocycles. The number of hydrogen-bond acceptors (Lipinski definition) is 0. The summed E-state index contributed by atoms with van der Waals surface area (Å²) in [5, 5.41) is 0. The monoisotopic (exact) mass is 433 g/mol. The molecule has 4 aromatic rings. The Bertz CT molecular complexity index is 1520. The lowest BCUT2D eigenvalue weighted by molar-refractivity contribution is -0.660. The van der Waals surface area contributed by atoms with Crippen LogP contribution in [0, 0.1) is 13.8 Å². The van der Waals surface area contributed by atoms with Crippen LogP contribution in [-0.4, -0.2) is 0 Å². The van der Waals surface area contributed by atoms with E-state index in [0.717, 1.165) is 35.2 Å². The van der Waals surface area contributed by atoms with E-state index in [0.29, 0.717) is 5.56 Å². The van der Waals surface area contributed by atoms with Crippen molar-refractivity contribution in [3.05, 3.63) is 112 Å². The highest BCUT2D eigenvalue weighted by molar-refractivity contribution is 5.75. The fourth-order valence-electron chi connectivity index (χ4n) is 6.07. The highest BCUT2D eigenvalue weighted by Crippen LogP contribution is 2.62. The topological polar surface area (TPSA) is 3.88 Å². The van der Waals surface area contributed by atoms with Gasteiger partial charge >= 0.3 is 0 Å². The first-order valence-corrected chi connectivity index (χ1v) is 11.9. The lowest BCUT2D eigenvalue weighted by Crippen LogP contribution is -2.33. The Morgan fingerprint density at radius 1 is 0.758 bits per heavy atom. The Kier molecular flexibility index (Phi) is 3.62. The molecule has 6 rings (SSSR count). The van der Waals surface area contributed by atoms with E-state index in [4.69, 9.17) is 4.11 Å². The zero-order chi connectivity index (χ0) is 25.5. The first-order valence-electron chi connectivity index (χ1n) is 13.4. The minimum Gasteiger partial charge on any atom is -0.201 e. The normalized spacial score (nSPS) is 18.6. The molecule has 1 aromatic heterocycles. The summed E-state index contributed by atoms with van der Waals surface area (Å²) >= 11 is 0. The number of pyridine rings is 1. The third kappa shape index (κ3) is 2.88. The van der Waals surface area contributed by atoms with Crippen LogP contribution < -0.4 is 4.57 Å². The highest BCUT2D eigenvalue weighted by atomic mass is 14.9. The second-order valence-corrected chi connectivity index (χ2v) is 10.4. The maximum absolute atomic E-state index is 8.34. The molecule has 2 aliphatic rings. The van der Waals surface area contributed by atoms with Crippen LogP contribution in [0.1, 0.15) is 64.2 Å². The molecule has 1 spiro atoms. The van der Waals surface area contributed by atoms with Crippen molar-refractivity contribution >= 4 is 0 Å². The number of hydrogen-bond donors (Lipinski definition) is 0. The van der Waals surface area contributed by atoms with Crippen LogP contribution in [0.25, 0.3) is 22.4 Å². The van der Waals surface area contributed by atoms with Gasteiger partial charge in [-0.25, -0.2) is 4.57 Å². The summed E-state index contributed by atoms with van der Waals surface area (Å²) in [7, 11) is 1.94. The molecule has 1 nitrogen and oxygen atoms in total. The summed E-state index contributed by atoms with van der Waals surface area (Å²) in [5.41, 5.74) is 11.0. The Hall–Kier alpha value is -3.19. The van der Waals surface area contributed by atoms with Gasteiger partial charge in [0.15, 0.2) is 6.20 Å². The summed E-state index contributed by atoms with van der Waals surface area (Å²) < 4.78 is 27.0. The van der Waals surface area contributed by atoms with Crippen LogP contribution in [0.4, 0.5) is 0 Å². The maximum atomic E-state index is 8.34. The van der Waals surface area contributed by atoms with Crippen molar-refractivity contribution in [2.75, 3.05) is 0 Å². The lowest BCUT2D eigenvalue weighted by atomic mass is 9.63. The van der Waals surface area contributed by atoms with E-state index < -0.39 is 6.85 Å². The smallest absolute Gasteiger partial charge is 0.201 e. The fraction of sp³-hybridized carbons (Fsp3) is 0.281. The molecule has 1 saturated carbocycles. The predicted molar refractivity (Wildman–Crippen MR) is 137 cm³/mol. The van der Waals surface area contributed by atoms with Gasteiger partial charge in [0.2, 0.25) is 5.69 Å². The molecular formula is C32H32N+. The van der Waals surface area contributed by atoms with E-state index in [-0.39, 0.29) is 10.8 Å². The maximum Gasteiger partial charge on any atom is 0.213 e. The first-order chi connectivity index (χ1) is 17.0. The molecule has 164 valence electrons.